The van der Waals surface area contributed by atoms with Crippen LogP contribution in [0, 0.1) is 10.1 Å². The molecule has 0 aliphatic rings. The molecule has 0 saturated heterocycles. The van der Waals surface area contributed by atoms with Gasteiger partial charge in [0.1, 0.15) is 0 Å². The fraction of sp³-hybridized carbons (Fsp3) is 0.143. The maximum absolute atomic E-state index is 10.3. The summed E-state index contributed by atoms with van der Waals surface area (Å²) in [4.78, 5) is 9.73. The van der Waals surface area contributed by atoms with E-state index in [9.17, 15) is 10.1 Å². The van der Waals surface area contributed by atoms with Crippen molar-refractivity contribution < 1.29 is 14.8 Å². The molecule has 1 aromatic carbocycles. The van der Waals surface area contributed by atoms with Crippen molar-refractivity contribution in [1.29, 1.82) is 0 Å². The van der Waals surface area contributed by atoms with E-state index in [0.717, 1.165) is 0 Å². The molecule has 13 heavy (non-hydrogen) atoms. The molecule has 0 heterocycles. The van der Waals surface area contributed by atoms with Gasteiger partial charge in [-0.05, 0) is 6.07 Å². The third kappa shape index (κ3) is 2.58. The molecule has 6 heteroatoms. The van der Waals surface area contributed by atoms with Crippen LogP contribution in [0.2, 0.25) is 0 Å². The number of nitro benzene ring substituents is 1. The molecule has 0 unspecified atom stereocenters. The van der Waals surface area contributed by atoms with Crippen molar-refractivity contribution in [3.8, 4) is 11.5 Å². The molecule has 0 radical (unpaired) electrons. The molecule has 1 aromatic rings. The molecule has 0 bridgehead atoms. The molecular formula is C7H8NNaO4. The Morgan fingerprint density at radius 2 is 2.15 bits per heavy atom. The van der Waals surface area contributed by atoms with Crippen LogP contribution in [0.5, 0.6) is 11.5 Å². The summed E-state index contributed by atoms with van der Waals surface area (Å²) in [6.45, 7) is 0. The Bertz CT molecular complexity index is 315. The third-order valence-corrected chi connectivity index (χ3v) is 1.37. The Labute approximate surface area is 96.8 Å². The summed E-state index contributed by atoms with van der Waals surface area (Å²) in [7, 11) is 1.27. The van der Waals surface area contributed by atoms with Crippen molar-refractivity contribution in [1.82, 2.24) is 0 Å². The van der Waals surface area contributed by atoms with Gasteiger partial charge in [0.05, 0.1) is 12.0 Å². The monoisotopic (exact) mass is 193 g/mol. The van der Waals surface area contributed by atoms with Crippen molar-refractivity contribution in [2.24, 2.45) is 0 Å². The van der Waals surface area contributed by atoms with E-state index < -0.39 is 4.92 Å². The summed E-state index contributed by atoms with van der Waals surface area (Å²) < 4.78 is 4.65. The molecule has 0 aromatic heterocycles. The number of phenols is 1. The fourth-order valence-corrected chi connectivity index (χ4v) is 0.866. The zero-order valence-electron chi connectivity index (χ0n) is 6.35. The first-order chi connectivity index (χ1) is 5.66. The average molecular weight is 193 g/mol. The van der Waals surface area contributed by atoms with Crippen LogP contribution < -0.4 is 4.74 Å². The van der Waals surface area contributed by atoms with Crippen LogP contribution >= 0.6 is 0 Å². The summed E-state index contributed by atoms with van der Waals surface area (Å²) in [6, 6.07) is 3.97. The van der Waals surface area contributed by atoms with E-state index in [1.165, 1.54) is 25.3 Å². The minimum atomic E-state index is -0.613. The van der Waals surface area contributed by atoms with Crippen LogP contribution in [0.4, 0.5) is 5.69 Å². The predicted octanol–water partition coefficient (Wildman–Crippen LogP) is 0.660. The Hall–Kier alpha value is -0.780. The second-order valence-electron chi connectivity index (χ2n) is 2.09. The third-order valence-electron chi connectivity index (χ3n) is 1.37. The van der Waals surface area contributed by atoms with E-state index >= 15 is 0 Å². The second-order valence-corrected chi connectivity index (χ2v) is 2.09. The number of benzene rings is 1. The van der Waals surface area contributed by atoms with Gasteiger partial charge in [-0.3, -0.25) is 10.1 Å². The molecule has 0 saturated carbocycles. The van der Waals surface area contributed by atoms with Crippen LogP contribution in [0.3, 0.4) is 0 Å². The number of hydrogen-bond acceptors (Lipinski definition) is 4. The van der Waals surface area contributed by atoms with E-state index in [1.54, 1.807) is 0 Å². The Morgan fingerprint density at radius 3 is 2.54 bits per heavy atom. The number of nitrogens with zero attached hydrogens (tertiary/aromatic N) is 1. The predicted molar refractivity (Wildman–Crippen MR) is 48.5 cm³/mol. The van der Waals surface area contributed by atoms with E-state index in [4.69, 9.17) is 5.11 Å². The van der Waals surface area contributed by atoms with Crippen LogP contribution in [0.25, 0.3) is 0 Å². The number of para-hydroxylation sites is 1. The number of rotatable bonds is 2. The van der Waals surface area contributed by atoms with Gasteiger partial charge in [0, 0.05) is 6.07 Å². The Balaban J connectivity index is 0.00000144. The van der Waals surface area contributed by atoms with Gasteiger partial charge in [0.2, 0.25) is 5.75 Å². The van der Waals surface area contributed by atoms with E-state index in [-0.39, 0.29) is 46.7 Å². The van der Waals surface area contributed by atoms with Crippen molar-refractivity contribution in [3.05, 3.63) is 28.3 Å². The fourth-order valence-electron chi connectivity index (χ4n) is 0.866. The molecule has 0 aliphatic carbocycles. The summed E-state index contributed by atoms with van der Waals surface area (Å²) >= 11 is 0. The first-order valence-electron chi connectivity index (χ1n) is 3.17. The van der Waals surface area contributed by atoms with Crippen molar-refractivity contribution in [2.45, 2.75) is 0 Å². The SMILES string of the molecule is COc1c(O)cccc1[N+](=O)[O-].[NaH]. The molecule has 0 fully saturated rings. The van der Waals surface area contributed by atoms with Gasteiger partial charge in [-0.25, -0.2) is 0 Å². The zero-order valence-corrected chi connectivity index (χ0v) is 6.35. The van der Waals surface area contributed by atoms with Crippen molar-refractivity contribution in [2.75, 3.05) is 7.11 Å². The molecule has 0 amide bonds. The Morgan fingerprint density at radius 1 is 1.54 bits per heavy atom. The van der Waals surface area contributed by atoms with Crippen LogP contribution in [0.15, 0.2) is 18.2 Å². The molecule has 66 valence electrons. The van der Waals surface area contributed by atoms with Gasteiger partial charge < -0.3 is 9.84 Å². The zero-order chi connectivity index (χ0) is 9.14. The van der Waals surface area contributed by atoms with Gasteiger partial charge >= 0.3 is 35.2 Å². The molecule has 0 spiro atoms. The summed E-state index contributed by atoms with van der Waals surface area (Å²) in [5.74, 6) is -0.339. The average Bonchev–Trinajstić information content (AvgIpc) is 2.03. The number of aromatic hydroxyl groups is 1. The second kappa shape index (κ2) is 5.06. The normalized spacial score (nSPS) is 8.69. The number of nitro groups is 1. The van der Waals surface area contributed by atoms with Gasteiger partial charge in [-0.2, -0.15) is 0 Å². The summed E-state index contributed by atoms with van der Waals surface area (Å²) in [5.41, 5.74) is -0.238. The Kier molecular flexibility index (Phi) is 4.76. The van der Waals surface area contributed by atoms with E-state index in [2.05, 4.69) is 4.74 Å². The van der Waals surface area contributed by atoms with Gasteiger partial charge in [0.15, 0.2) is 5.75 Å². The first-order valence-corrected chi connectivity index (χ1v) is 3.17. The molecule has 5 nitrogen and oxygen atoms in total. The van der Waals surface area contributed by atoms with Crippen molar-refractivity contribution in [3.63, 3.8) is 0 Å². The van der Waals surface area contributed by atoms with Gasteiger partial charge in [-0.15, -0.1) is 0 Å². The van der Waals surface area contributed by atoms with Crippen LogP contribution in [0.1, 0.15) is 0 Å². The quantitative estimate of drug-likeness (QED) is 0.425. The number of methoxy groups -OCH3 is 1. The number of hydrogen-bond donors (Lipinski definition) is 1. The number of ether oxygens (including phenoxy) is 1. The molecular weight excluding hydrogens is 185 g/mol. The van der Waals surface area contributed by atoms with Gasteiger partial charge in [-0.1, -0.05) is 6.07 Å². The number of phenolic OH excluding ortho intramolecular Hbond substituents is 1. The maximum atomic E-state index is 10.3. The van der Waals surface area contributed by atoms with Gasteiger partial charge in [0.25, 0.3) is 0 Å². The van der Waals surface area contributed by atoms with E-state index in [1.807, 2.05) is 0 Å². The molecule has 1 rings (SSSR count). The summed E-state index contributed by atoms with van der Waals surface area (Å²) in [5, 5.41) is 19.5. The molecule has 0 aliphatic heterocycles. The first kappa shape index (κ1) is 12.2. The summed E-state index contributed by atoms with van der Waals surface area (Å²) in [6.07, 6.45) is 0. The van der Waals surface area contributed by atoms with Crippen molar-refractivity contribution >= 4 is 35.2 Å². The standard InChI is InChI=1S/C7H7NO4.Na.H/c1-12-7-5(8(10)11)3-2-4-6(7)9;;/h2-4,9H,1H3;;. The molecule has 1 N–H and O–H groups in total. The minimum absolute atomic E-state index is 0. The van der Waals surface area contributed by atoms with E-state index in [0.29, 0.717) is 0 Å². The van der Waals surface area contributed by atoms with Crippen LogP contribution in [-0.4, -0.2) is 46.7 Å². The van der Waals surface area contributed by atoms with Crippen LogP contribution in [-0.2, 0) is 0 Å². The topological polar surface area (TPSA) is 72.6 Å². The molecule has 0 atom stereocenters.